The highest BCUT2D eigenvalue weighted by atomic mass is 19.4. The molecule has 2 rings (SSSR count). The topological polar surface area (TPSA) is 84.2 Å². The summed E-state index contributed by atoms with van der Waals surface area (Å²) in [4.78, 5) is 23.7. The van der Waals surface area contributed by atoms with Gasteiger partial charge in [0, 0.05) is 17.8 Å². The Hall–Kier alpha value is -2.84. The molecule has 0 aliphatic carbocycles. The minimum Gasteiger partial charge on any atom is -0.481 e. The molecule has 0 spiro atoms. The highest BCUT2D eigenvalue weighted by Crippen LogP contribution is 2.21. The van der Waals surface area contributed by atoms with Crippen molar-refractivity contribution in [3.8, 4) is 0 Å². The number of nitrogens with zero attached hydrogens (tertiary/aromatic N) is 2. The number of benzene rings is 1. The van der Waals surface area contributed by atoms with Crippen molar-refractivity contribution in [2.24, 2.45) is 5.92 Å². The fourth-order valence-electron chi connectivity index (χ4n) is 2.92. The van der Waals surface area contributed by atoms with Crippen LogP contribution in [0.1, 0.15) is 22.5 Å². The number of aromatic nitrogens is 2. The molecule has 1 unspecified atom stereocenters. The largest absolute Gasteiger partial charge is 0.481 e. The molecule has 0 aliphatic heterocycles. The lowest BCUT2D eigenvalue weighted by Gasteiger charge is -2.14. The Bertz CT molecular complexity index is 832. The van der Waals surface area contributed by atoms with Gasteiger partial charge in [-0.25, -0.2) is 0 Å². The molecule has 1 atom stereocenters. The van der Waals surface area contributed by atoms with E-state index in [0.29, 0.717) is 11.3 Å². The standard InChI is InChI=1S/C19H22F3N3O3/c1-12-16(13(2)25(24-12)11-19(20,21)22)9-17(26)23-10-15(18(27)28)8-14-6-4-3-5-7-14/h3-7,15H,8-11H2,1-2H3,(H,23,26)(H,27,28). The van der Waals surface area contributed by atoms with Crippen LogP contribution in [0.15, 0.2) is 30.3 Å². The van der Waals surface area contributed by atoms with E-state index in [1.165, 1.54) is 13.8 Å². The number of carbonyl (C=O) groups excluding carboxylic acids is 1. The summed E-state index contributed by atoms with van der Waals surface area (Å²) in [5, 5.41) is 15.8. The first-order valence-corrected chi connectivity index (χ1v) is 8.70. The van der Waals surface area contributed by atoms with Crippen LogP contribution in [0.4, 0.5) is 13.2 Å². The van der Waals surface area contributed by atoms with Gasteiger partial charge in [-0.05, 0) is 25.8 Å². The van der Waals surface area contributed by atoms with Gasteiger partial charge in [-0.2, -0.15) is 18.3 Å². The van der Waals surface area contributed by atoms with Crippen molar-refractivity contribution in [3.63, 3.8) is 0 Å². The highest BCUT2D eigenvalue weighted by Gasteiger charge is 2.30. The highest BCUT2D eigenvalue weighted by molar-refractivity contribution is 5.80. The van der Waals surface area contributed by atoms with Crippen LogP contribution in [0, 0.1) is 19.8 Å². The Kier molecular flexibility index (Phi) is 6.82. The number of nitrogens with one attached hydrogen (secondary N) is 1. The lowest BCUT2D eigenvalue weighted by molar-refractivity contribution is -0.143. The summed E-state index contributed by atoms with van der Waals surface area (Å²) in [7, 11) is 0. The number of amides is 1. The maximum atomic E-state index is 12.6. The number of rotatable bonds is 8. The third kappa shape index (κ3) is 6.11. The van der Waals surface area contributed by atoms with Crippen LogP contribution < -0.4 is 5.32 Å². The monoisotopic (exact) mass is 397 g/mol. The first kappa shape index (κ1) is 21.5. The smallest absolute Gasteiger partial charge is 0.408 e. The van der Waals surface area contributed by atoms with Crippen LogP contribution in [0.3, 0.4) is 0 Å². The normalized spacial score (nSPS) is 12.6. The van der Waals surface area contributed by atoms with E-state index in [1.807, 2.05) is 6.07 Å². The second-order valence-electron chi connectivity index (χ2n) is 6.63. The summed E-state index contributed by atoms with van der Waals surface area (Å²) in [5.74, 6) is -2.30. The number of carbonyl (C=O) groups is 2. The Morgan fingerprint density at radius 2 is 1.86 bits per heavy atom. The van der Waals surface area contributed by atoms with Crippen LogP contribution >= 0.6 is 0 Å². The minimum atomic E-state index is -4.41. The molecule has 9 heteroatoms. The van der Waals surface area contributed by atoms with E-state index in [2.05, 4.69) is 10.4 Å². The van der Waals surface area contributed by atoms with Gasteiger partial charge < -0.3 is 10.4 Å². The molecule has 28 heavy (non-hydrogen) atoms. The molecule has 2 aromatic rings. The van der Waals surface area contributed by atoms with Crippen LogP contribution in [-0.4, -0.2) is 39.5 Å². The Labute approximate surface area is 160 Å². The average molecular weight is 397 g/mol. The second kappa shape index (κ2) is 8.90. The van der Waals surface area contributed by atoms with Gasteiger partial charge in [0.15, 0.2) is 0 Å². The van der Waals surface area contributed by atoms with E-state index in [4.69, 9.17) is 0 Å². The molecule has 0 bridgehead atoms. The lowest BCUT2D eigenvalue weighted by atomic mass is 9.99. The molecule has 0 saturated heterocycles. The summed E-state index contributed by atoms with van der Waals surface area (Å²) in [5.41, 5.74) is 1.86. The zero-order valence-corrected chi connectivity index (χ0v) is 15.6. The van der Waals surface area contributed by atoms with E-state index in [-0.39, 0.29) is 25.1 Å². The van der Waals surface area contributed by atoms with Gasteiger partial charge >= 0.3 is 12.1 Å². The number of carboxylic acids is 1. The Morgan fingerprint density at radius 1 is 1.21 bits per heavy atom. The van der Waals surface area contributed by atoms with Crippen LogP contribution in [0.5, 0.6) is 0 Å². The van der Waals surface area contributed by atoms with Gasteiger partial charge in [0.05, 0.1) is 18.0 Å². The molecule has 1 aromatic heterocycles. The summed E-state index contributed by atoms with van der Waals surface area (Å²) in [6.45, 7) is 1.72. The van der Waals surface area contributed by atoms with Crippen molar-refractivity contribution >= 4 is 11.9 Å². The molecule has 0 saturated carbocycles. The number of hydrogen-bond donors (Lipinski definition) is 2. The van der Waals surface area contributed by atoms with Crippen molar-refractivity contribution < 1.29 is 27.9 Å². The first-order valence-electron chi connectivity index (χ1n) is 8.70. The molecule has 0 radical (unpaired) electrons. The fourth-order valence-corrected chi connectivity index (χ4v) is 2.92. The Balaban J connectivity index is 1.98. The number of halogens is 3. The van der Waals surface area contributed by atoms with Crippen molar-refractivity contribution in [3.05, 3.63) is 52.8 Å². The number of aryl methyl sites for hydroxylation is 1. The first-order chi connectivity index (χ1) is 13.1. The molecular weight excluding hydrogens is 375 g/mol. The zero-order valence-electron chi connectivity index (χ0n) is 15.6. The number of alkyl halides is 3. The van der Waals surface area contributed by atoms with Crippen LogP contribution in [-0.2, 0) is 29.0 Å². The maximum Gasteiger partial charge on any atom is 0.408 e. The van der Waals surface area contributed by atoms with E-state index >= 15 is 0 Å². The Morgan fingerprint density at radius 3 is 2.43 bits per heavy atom. The molecule has 0 aliphatic rings. The van der Waals surface area contributed by atoms with Crippen molar-refractivity contribution in [2.45, 2.75) is 39.4 Å². The number of aliphatic carboxylic acids is 1. The van der Waals surface area contributed by atoms with Crippen LogP contribution in [0.25, 0.3) is 0 Å². The molecule has 2 N–H and O–H groups in total. The predicted octanol–water partition coefficient (Wildman–Crippen LogP) is 2.66. The molecule has 1 aromatic carbocycles. The van der Waals surface area contributed by atoms with E-state index in [0.717, 1.165) is 10.2 Å². The van der Waals surface area contributed by atoms with Crippen LogP contribution in [0.2, 0.25) is 0 Å². The summed E-state index contributed by atoms with van der Waals surface area (Å²) in [6.07, 6.45) is -4.31. The van der Waals surface area contributed by atoms with Gasteiger partial charge in [-0.15, -0.1) is 0 Å². The van der Waals surface area contributed by atoms with Crippen molar-refractivity contribution in [1.82, 2.24) is 15.1 Å². The van der Waals surface area contributed by atoms with Crippen molar-refractivity contribution in [2.75, 3.05) is 6.54 Å². The van der Waals surface area contributed by atoms with Gasteiger partial charge in [-0.3, -0.25) is 14.3 Å². The molecule has 0 fully saturated rings. The van der Waals surface area contributed by atoms with Gasteiger partial charge in [-0.1, -0.05) is 30.3 Å². The SMILES string of the molecule is Cc1nn(CC(F)(F)F)c(C)c1CC(=O)NCC(Cc1ccccc1)C(=O)O. The maximum absolute atomic E-state index is 12.6. The predicted molar refractivity (Wildman–Crippen MR) is 95.7 cm³/mol. The molecule has 1 amide bonds. The third-order valence-electron chi connectivity index (χ3n) is 4.42. The van der Waals surface area contributed by atoms with Gasteiger partial charge in [0.2, 0.25) is 5.91 Å². The van der Waals surface area contributed by atoms with Crippen molar-refractivity contribution in [1.29, 1.82) is 0 Å². The molecule has 6 nitrogen and oxygen atoms in total. The van der Waals surface area contributed by atoms with E-state index < -0.39 is 30.5 Å². The quantitative estimate of drug-likeness (QED) is 0.717. The summed E-state index contributed by atoms with van der Waals surface area (Å²) in [6, 6.07) is 9.04. The van der Waals surface area contributed by atoms with Gasteiger partial charge in [0.25, 0.3) is 0 Å². The van der Waals surface area contributed by atoms with Gasteiger partial charge in [0.1, 0.15) is 6.54 Å². The number of hydrogen-bond acceptors (Lipinski definition) is 3. The molecule has 1 heterocycles. The third-order valence-corrected chi connectivity index (χ3v) is 4.42. The average Bonchev–Trinajstić information content (AvgIpc) is 2.85. The molecule has 152 valence electrons. The van der Waals surface area contributed by atoms with E-state index in [1.54, 1.807) is 24.3 Å². The lowest BCUT2D eigenvalue weighted by Crippen LogP contribution is -2.35. The summed E-state index contributed by atoms with van der Waals surface area (Å²) >= 11 is 0. The number of carboxylic acid groups (broad SMARTS) is 1. The summed E-state index contributed by atoms with van der Waals surface area (Å²) < 4.78 is 38.6. The zero-order chi connectivity index (χ0) is 20.9. The van der Waals surface area contributed by atoms with E-state index in [9.17, 15) is 27.9 Å². The molecular formula is C19H22F3N3O3. The minimum absolute atomic E-state index is 0.0716. The second-order valence-corrected chi connectivity index (χ2v) is 6.63. The fraction of sp³-hybridized carbons (Fsp3) is 0.421.